The van der Waals surface area contributed by atoms with Crippen LogP contribution in [0.1, 0.15) is 0 Å². The lowest BCUT2D eigenvalue weighted by Gasteiger charge is -2.21. The number of rotatable bonds is 5. The summed E-state index contributed by atoms with van der Waals surface area (Å²) in [5, 5.41) is 19.3. The van der Waals surface area contributed by atoms with Crippen molar-refractivity contribution in [2.24, 2.45) is 0 Å². The molecule has 3 aromatic rings. The molecule has 1 aromatic carbocycles. The van der Waals surface area contributed by atoms with E-state index in [9.17, 15) is 14.6 Å². The molecule has 2 heterocycles. The van der Waals surface area contributed by atoms with Gasteiger partial charge in [-0.25, -0.2) is 9.37 Å². The lowest BCUT2D eigenvalue weighted by Crippen LogP contribution is -2.31. The van der Waals surface area contributed by atoms with E-state index in [2.05, 4.69) is 22.6 Å². The average Bonchev–Trinajstić information content (AvgIpc) is 2.99. The first-order valence-corrected chi connectivity index (χ1v) is 7.72. The van der Waals surface area contributed by atoms with Gasteiger partial charge in [0.25, 0.3) is 0 Å². The largest absolute Gasteiger partial charge is 0.392 e. The van der Waals surface area contributed by atoms with Gasteiger partial charge in [0.05, 0.1) is 30.9 Å². The van der Waals surface area contributed by atoms with Crippen LogP contribution in [0.3, 0.4) is 0 Å². The maximum atomic E-state index is 13.3. The number of benzene rings is 1. The van der Waals surface area contributed by atoms with E-state index >= 15 is 0 Å². The van der Waals surface area contributed by atoms with Crippen LogP contribution in [-0.2, 0) is 6.54 Å². The maximum absolute atomic E-state index is 13.3. The smallest absolute Gasteiger partial charge is 0.148 e. The molecule has 7 heteroatoms. The molecule has 124 valence electrons. The van der Waals surface area contributed by atoms with Gasteiger partial charge in [-0.3, -0.25) is 4.98 Å². The topological polar surface area (TPSA) is 71.2 Å². The second kappa shape index (κ2) is 6.72. The van der Waals surface area contributed by atoms with Gasteiger partial charge in [0.1, 0.15) is 10.8 Å². The highest BCUT2D eigenvalue weighted by Crippen LogP contribution is 2.32. The summed E-state index contributed by atoms with van der Waals surface area (Å²) in [6.07, 6.45) is 4.88. The molecule has 2 aromatic heterocycles. The molecule has 0 saturated heterocycles. The van der Waals surface area contributed by atoms with Gasteiger partial charge in [0.2, 0.25) is 0 Å². The summed E-state index contributed by atoms with van der Waals surface area (Å²) in [7, 11) is 0. The lowest BCUT2D eigenvalue weighted by atomic mass is 10.1. The molecule has 2 N–H and O–H groups in total. The third-order valence-corrected chi connectivity index (χ3v) is 3.87. The van der Waals surface area contributed by atoms with Gasteiger partial charge < -0.3 is 14.8 Å². The minimum atomic E-state index is -1.59. The molecule has 0 amide bonds. The highest BCUT2D eigenvalue weighted by atomic mass is 32.1. The van der Waals surface area contributed by atoms with Crippen LogP contribution < -0.4 is 0 Å². The van der Waals surface area contributed by atoms with Gasteiger partial charge in [0, 0.05) is 23.5 Å². The first-order chi connectivity index (χ1) is 11.5. The Bertz CT molecular complexity index is 820. The van der Waals surface area contributed by atoms with E-state index in [0.717, 1.165) is 11.1 Å². The third-order valence-electron chi connectivity index (χ3n) is 3.59. The standard InChI is InChI=1S/C17H16FN3O2S/c18-14-3-1-13(2-4-14)16-15(12-5-7-19-8-6-12)20-11-21(16)9-17(23,24)10-22/h1-8,11,22-24H,9-10H2. The molecule has 3 rings (SSSR count). The molecule has 5 nitrogen and oxygen atoms in total. The average molecular weight is 345 g/mol. The SMILES string of the molecule is OCC(O)(S)Cn1cnc(-c2ccncc2)c1-c1ccc(F)cc1. The summed E-state index contributed by atoms with van der Waals surface area (Å²) in [5.41, 5.74) is 2.95. The fourth-order valence-electron chi connectivity index (χ4n) is 2.46. The highest BCUT2D eigenvalue weighted by Gasteiger charge is 2.24. The van der Waals surface area contributed by atoms with Gasteiger partial charge in [-0.05, 0) is 36.4 Å². The van der Waals surface area contributed by atoms with E-state index in [0.29, 0.717) is 11.4 Å². The second-order valence-corrected chi connectivity index (χ2v) is 6.29. The van der Waals surface area contributed by atoms with Crippen molar-refractivity contribution < 1.29 is 14.6 Å². The Balaban J connectivity index is 2.14. The first kappa shape index (κ1) is 16.6. The summed E-state index contributed by atoms with van der Waals surface area (Å²) in [6, 6.07) is 9.65. The molecule has 0 radical (unpaired) electrons. The Labute approximate surface area is 143 Å². The molecule has 24 heavy (non-hydrogen) atoms. The third kappa shape index (κ3) is 3.48. The van der Waals surface area contributed by atoms with E-state index in [1.54, 1.807) is 35.4 Å². The number of pyridine rings is 1. The molecule has 0 aliphatic carbocycles. The van der Waals surface area contributed by atoms with Crippen LogP contribution in [0.25, 0.3) is 22.5 Å². The summed E-state index contributed by atoms with van der Waals surface area (Å²) < 4.78 is 14.9. The number of aliphatic hydroxyl groups excluding tert-OH is 1. The fraction of sp³-hybridized carbons (Fsp3) is 0.176. The first-order valence-electron chi connectivity index (χ1n) is 7.27. The summed E-state index contributed by atoms with van der Waals surface area (Å²) in [6.45, 7) is -0.487. The van der Waals surface area contributed by atoms with Crippen molar-refractivity contribution in [2.75, 3.05) is 6.61 Å². The number of hydrogen-bond donors (Lipinski definition) is 3. The number of imidazole rings is 1. The predicted molar refractivity (Wildman–Crippen MR) is 91.9 cm³/mol. The summed E-state index contributed by atoms with van der Waals surface area (Å²) >= 11 is 4.06. The van der Waals surface area contributed by atoms with Crippen LogP contribution in [0.15, 0.2) is 55.1 Å². The van der Waals surface area contributed by atoms with Gasteiger partial charge in [-0.15, -0.1) is 12.6 Å². The maximum Gasteiger partial charge on any atom is 0.148 e. The Morgan fingerprint density at radius 2 is 1.75 bits per heavy atom. The van der Waals surface area contributed by atoms with Gasteiger partial charge >= 0.3 is 0 Å². The molecular formula is C17H16FN3O2S. The number of halogens is 1. The quantitative estimate of drug-likeness (QED) is 0.490. The van der Waals surface area contributed by atoms with E-state index in [1.165, 1.54) is 12.1 Å². The van der Waals surface area contributed by atoms with Crippen molar-refractivity contribution in [3.8, 4) is 22.5 Å². The van der Waals surface area contributed by atoms with E-state index in [-0.39, 0.29) is 12.4 Å². The minimum absolute atomic E-state index is 0.0252. The number of aliphatic hydroxyl groups is 2. The highest BCUT2D eigenvalue weighted by molar-refractivity contribution is 7.81. The van der Waals surface area contributed by atoms with Gasteiger partial charge in [-0.1, -0.05) is 0 Å². The Morgan fingerprint density at radius 1 is 1.08 bits per heavy atom. The number of hydrogen-bond acceptors (Lipinski definition) is 5. The Hall–Kier alpha value is -2.22. The number of thiol groups is 1. The zero-order valence-corrected chi connectivity index (χ0v) is 13.6. The van der Waals surface area contributed by atoms with Crippen molar-refractivity contribution in [3.63, 3.8) is 0 Å². The van der Waals surface area contributed by atoms with Crippen molar-refractivity contribution >= 4 is 12.6 Å². The second-order valence-electron chi connectivity index (χ2n) is 5.45. The van der Waals surface area contributed by atoms with E-state index in [4.69, 9.17) is 0 Å². The fourth-order valence-corrected chi connectivity index (χ4v) is 2.61. The van der Waals surface area contributed by atoms with Gasteiger partial charge in [0.15, 0.2) is 0 Å². The van der Waals surface area contributed by atoms with Gasteiger partial charge in [-0.2, -0.15) is 0 Å². The normalized spacial score (nSPS) is 13.7. The Kier molecular flexibility index (Phi) is 4.66. The van der Waals surface area contributed by atoms with Crippen LogP contribution >= 0.6 is 12.6 Å². The van der Waals surface area contributed by atoms with Crippen molar-refractivity contribution in [2.45, 2.75) is 11.5 Å². The monoisotopic (exact) mass is 345 g/mol. The molecule has 1 unspecified atom stereocenters. The molecule has 0 aliphatic rings. The molecule has 0 saturated carbocycles. The summed E-state index contributed by atoms with van der Waals surface area (Å²) in [4.78, 5) is 6.82. The van der Waals surface area contributed by atoms with Crippen LogP contribution in [0.5, 0.6) is 0 Å². The molecule has 0 fully saturated rings. The van der Waals surface area contributed by atoms with Crippen LogP contribution in [0.4, 0.5) is 4.39 Å². The van der Waals surface area contributed by atoms with Crippen molar-refractivity contribution in [3.05, 3.63) is 60.9 Å². The minimum Gasteiger partial charge on any atom is -0.392 e. The molecule has 1 atom stereocenters. The van der Waals surface area contributed by atoms with Crippen LogP contribution in [0.2, 0.25) is 0 Å². The van der Waals surface area contributed by atoms with E-state index < -0.39 is 11.5 Å². The lowest BCUT2D eigenvalue weighted by molar-refractivity contribution is 0.0530. The van der Waals surface area contributed by atoms with Crippen LogP contribution in [-0.4, -0.2) is 36.3 Å². The number of aromatic nitrogens is 3. The molecule has 0 bridgehead atoms. The van der Waals surface area contributed by atoms with E-state index in [1.807, 2.05) is 12.1 Å². The van der Waals surface area contributed by atoms with Crippen LogP contribution in [0, 0.1) is 5.82 Å². The zero-order valence-electron chi connectivity index (χ0n) is 12.7. The number of nitrogens with zero attached hydrogens (tertiary/aromatic N) is 3. The van der Waals surface area contributed by atoms with Crippen molar-refractivity contribution in [1.82, 2.24) is 14.5 Å². The summed E-state index contributed by atoms with van der Waals surface area (Å²) in [5.74, 6) is -0.337. The Morgan fingerprint density at radius 3 is 2.38 bits per heavy atom. The molecular weight excluding hydrogens is 329 g/mol. The zero-order chi connectivity index (χ0) is 17.2. The predicted octanol–water partition coefficient (Wildman–Crippen LogP) is 2.36. The molecule has 0 spiro atoms. The molecule has 0 aliphatic heterocycles. The van der Waals surface area contributed by atoms with Crippen molar-refractivity contribution in [1.29, 1.82) is 0 Å².